The summed E-state index contributed by atoms with van der Waals surface area (Å²) in [5, 5.41) is 11.9. The zero-order chi connectivity index (χ0) is 19.2. The molecule has 0 heterocycles. The van der Waals surface area contributed by atoms with E-state index in [1.807, 2.05) is 0 Å². The first-order chi connectivity index (χ1) is 12.3. The van der Waals surface area contributed by atoms with Crippen LogP contribution in [0.4, 0.5) is 0 Å². The number of rotatable bonds is 9. The molecule has 0 radical (unpaired) electrons. The van der Waals surface area contributed by atoms with Gasteiger partial charge in [-0.25, -0.2) is 8.42 Å². The van der Waals surface area contributed by atoms with Crippen LogP contribution in [-0.4, -0.2) is 37.5 Å². The molecule has 0 aliphatic heterocycles. The third-order valence-corrected chi connectivity index (χ3v) is 6.67. The van der Waals surface area contributed by atoms with Crippen LogP contribution < -0.4 is 5.32 Å². The molecule has 0 aromatic heterocycles. The minimum absolute atomic E-state index is 0.0513. The van der Waals surface area contributed by atoms with Gasteiger partial charge in [-0.2, -0.15) is 0 Å². The van der Waals surface area contributed by atoms with Gasteiger partial charge >= 0.3 is 5.97 Å². The van der Waals surface area contributed by atoms with Crippen LogP contribution in [0, 0.1) is 5.92 Å². The first kappa shape index (κ1) is 20.9. The summed E-state index contributed by atoms with van der Waals surface area (Å²) in [4.78, 5) is 10.6. The molecule has 1 saturated carbocycles. The molecule has 1 aliphatic rings. The summed E-state index contributed by atoms with van der Waals surface area (Å²) >= 11 is 0. The molecule has 5 nitrogen and oxygen atoms in total. The molecular weight excluding hydrogens is 350 g/mol. The second-order valence-corrected chi connectivity index (χ2v) is 9.85. The maximum atomic E-state index is 11.7. The van der Waals surface area contributed by atoms with Crippen LogP contribution in [0.1, 0.15) is 69.0 Å². The van der Waals surface area contributed by atoms with E-state index < -0.39 is 21.6 Å². The predicted octanol–water partition coefficient (Wildman–Crippen LogP) is 3.52. The highest BCUT2D eigenvalue weighted by atomic mass is 32.2. The molecule has 1 fully saturated rings. The summed E-state index contributed by atoms with van der Waals surface area (Å²) in [5.74, 6) is -1.30. The quantitative estimate of drug-likeness (QED) is 0.684. The lowest BCUT2D eigenvalue weighted by Gasteiger charge is -2.25. The summed E-state index contributed by atoms with van der Waals surface area (Å²) in [6.07, 6.45) is 6.51. The number of hydrogen-bond donors (Lipinski definition) is 2. The Balaban J connectivity index is 1.97. The van der Waals surface area contributed by atoms with Crippen molar-refractivity contribution in [2.24, 2.45) is 5.92 Å². The largest absolute Gasteiger partial charge is 0.480 e. The maximum absolute atomic E-state index is 11.7. The van der Waals surface area contributed by atoms with E-state index in [-0.39, 0.29) is 18.3 Å². The molecule has 6 heteroatoms. The number of sulfone groups is 1. The van der Waals surface area contributed by atoms with Gasteiger partial charge in [0.1, 0.15) is 5.75 Å². The van der Waals surface area contributed by atoms with E-state index in [4.69, 9.17) is 5.11 Å². The summed E-state index contributed by atoms with van der Waals surface area (Å²) in [7, 11) is -3.57. The number of carboxylic acids is 1. The smallest absolute Gasteiger partial charge is 0.318 e. The molecule has 1 atom stereocenters. The van der Waals surface area contributed by atoms with Crippen molar-refractivity contribution in [2.75, 3.05) is 18.1 Å². The average Bonchev–Trinajstić information content (AvgIpc) is 2.58. The van der Waals surface area contributed by atoms with Crippen molar-refractivity contribution in [1.29, 1.82) is 0 Å². The SMILES string of the molecule is CC(C)C(NCCS(=O)(=O)CC(=O)O)c1ccc(C2CCCCC2)cc1. The Kier molecular flexibility index (Phi) is 7.65. The van der Waals surface area contributed by atoms with E-state index >= 15 is 0 Å². The molecule has 1 aromatic carbocycles. The van der Waals surface area contributed by atoms with Crippen molar-refractivity contribution in [1.82, 2.24) is 5.32 Å². The van der Waals surface area contributed by atoms with Crippen LogP contribution in [0.15, 0.2) is 24.3 Å². The van der Waals surface area contributed by atoms with E-state index in [2.05, 4.69) is 43.4 Å². The lowest BCUT2D eigenvalue weighted by atomic mass is 9.83. The second-order valence-electron chi connectivity index (χ2n) is 7.66. The van der Waals surface area contributed by atoms with E-state index in [1.54, 1.807) is 0 Å². The zero-order valence-electron chi connectivity index (χ0n) is 15.8. The predicted molar refractivity (Wildman–Crippen MR) is 104 cm³/mol. The number of carboxylic acid groups (broad SMARTS) is 1. The zero-order valence-corrected chi connectivity index (χ0v) is 16.6. The Morgan fingerprint density at radius 1 is 1.15 bits per heavy atom. The Morgan fingerprint density at radius 2 is 1.77 bits per heavy atom. The van der Waals surface area contributed by atoms with Crippen molar-refractivity contribution in [3.05, 3.63) is 35.4 Å². The van der Waals surface area contributed by atoms with Crippen molar-refractivity contribution in [3.8, 4) is 0 Å². The van der Waals surface area contributed by atoms with Gasteiger partial charge in [-0.15, -0.1) is 0 Å². The molecule has 26 heavy (non-hydrogen) atoms. The Labute approximate surface area is 157 Å². The van der Waals surface area contributed by atoms with Gasteiger partial charge in [0.15, 0.2) is 9.84 Å². The highest BCUT2D eigenvalue weighted by molar-refractivity contribution is 7.92. The lowest BCUT2D eigenvalue weighted by Crippen LogP contribution is -2.32. The summed E-state index contributed by atoms with van der Waals surface area (Å²) in [6, 6.07) is 8.77. The van der Waals surface area contributed by atoms with Crippen LogP contribution in [0.2, 0.25) is 0 Å². The Hall–Kier alpha value is -1.40. The third kappa shape index (κ3) is 6.40. The number of carbonyl (C=O) groups is 1. The van der Waals surface area contributed by atoms with Crippen LogP contribution in [0.3, 0.4) is 0 Å². The first-order valence-corrected chi connectivity index (χ1v) is 11.4. The molecule has 2 N–H and O–H groups in total. The maximum Gasteiger partial charge on any atom is 0.318 e. The van der Waals surface area contributed by atoms with Crippen molar-refractivity contribution >= 4 is 15.8 Å². The molecule has 1 unspecified atom stereocenters. The van der Waals surface area contributed by atoms with Crippen molar-refractivity contribution in [2.45, 2.75) is 57.9 Å². The van der Waals surface area contributed by atoms with Crippen LogP contribution >= 0.6 is 0 Å². The Bertz CT molecular complexity index is 676. The molecule has 0 saturated heterocycles. The van der Waals surface area contributed by atoms with Gasteiger partial charge in [-0.05, 0) is 35.8 Å². The van der Waals surface area contributed by atoms with Gasteiger partial charge in [0, 0.05) is 12.6 Å². The molecular formula is C20H31NO4S. The Morgan fingerprint density at radius 3 is 2.31 bits per heavy atom. The topological polar surface area (TPSA) is 83.5 Å². The summed E-state index contributed by atoms with van der Waals surface area (Å²) < 4.78 is 23.5. The van der Waals surface area contributed by atoms with Gasteiger partial charge in [0.2, 0.25) is 0 Å². The van der Waals surface area contributed by atoms with Gasteiger partial charge in [-0.3, -0.25) is 4.79 Å². The van der Waals surface area contributed by atoms with Crippen LogP contribution in [0.25, 0.3) is 0 Å². The minimum atomic E-state index is -3.57. The number of benzene rings is 1. The summed E-state index contributed by atoms with van der Waals surface area (Å²) in [5.41, 5.74) is 2.55. The van der Waals surface area contributed by atoms with Gasteiger partial charge in [0.25, 0.3) is 0 Å². The van der Waals surface area contributed by atoms with Crippen LogP contribution in [0.5, 0.6) is 0 Å². The normalized spacial score (nSPS) is 17.3. The molecule has 1 aromatic rings. The van der Waals surface area contributed by atoms with E-state index in [1.165, 1.54) is 37.7 Å². The molecule has 0 amide bonds. The highest BCUT2D eigenvalue weighted by Crippen LogP contribution is 2.33. The lowest BCUT2D eigenvalue weighted by molar-refractivity contribution is -0.134. The molecule has 146 valence electrons. The van der Waals surface area contributed by atoms with Crippen LogP contribution in [-0.2, 0) is 14.6 Å². The second kappa shape index (κ2) is 9.51. The fourth-order valence-electron chi connectivity index (χ4n) is 3.78. The van der Waals surface area contributed by atoms with Gasteiger partial charge in [-0.1, -0.05) is 57.4 Å². The standard InChI is InChI=1S/C20H31NO4S/c1-15(2)20(21-12-13-26(24,25)14-19(22)23)18-10-8-17(9-11-18)16-6-4-3-5-7-16/h8-11,15-16,20-21H,3-7,12-14H2,1-2H3,(H,22,23). The monoisotopic (exact) mass is 381 g/mol. The number of aliphatic carboxylic acids is 1. The van der Waals surface area contributed by atoms with E-state index in [0.29, 0.717) is 11.8 Å². The van der Waals surface area contributed by atoms with E-state index in [9.17, 15) is 13.2 Å². The molecule has 0 bridgehead atoms. The third-order valence-electron chi connectivity index (χ3n) is 5.16. The van der Waals surface area contributed by atoms with Crippen molar-refractivity contribution < 1.29 is 18.3 Å². The fraction of sp³-hybridized carbons (Fsp3) is 0.650. The average molecular weight is 382 g/mol. The first-order valence-electron chi connectivity index (χ1n) is 9.54. The number of hydrogen-bond acceptors (Lipinski definition) is 4. The number of nitrogens with one attached hydrogen (secondary N) is 1. The van der Waals surface area contributed by atoms with Gasteiger partial charge in [0.05, 0.1) is 5.75 Å². The summed E-state index contributed by atoms with van der Waals surface area (Å²) in [6.45, 7) is 4.44. The van der Waals surface area contributed by atoms with Crippen molar-refractivity contribution in [3.63, 3.8) is 0 Å². The highest BCUT2D eigenvalue weighted by Gasteiger charge is 2.20. The van der Waals surface area contributed by atoms with E-state index in [0.717, 1.165) is 5.56 Å². The van der Waals surface area contributed by atoms with Gasteiger partial charge < -0.3 is 10.4 Å². The molecule has 1 aliphatic carbocycles. The molecule has 2 rings (SSSR count). The minimum Gasteiger partial charge on any atom is -0.480 e. The molecule has 0 spiro atoms. The fourth-order valence-corrected chi connectivity index (χ4v) is 4.73.